The third kappa shape index (κ3) is 2.58. The van der Waals surface area contributed by atoms with Crippen molar-refractivity contribution >= 4 is 12.0 Å². The maximum Gasteiger partial charge on any atom is 0.315 e. The molecule has 1 aromatic heterocycles. The summed E-state index contributed by atoms with van der Waals surface area (Å²) >= 11 is 0. The van der Waals surface area contributed by atoms with E-state index in [9.17, 15) is 9.59 Å². The van der Waals surface area contributed by atoms with Crippen LogP contribution in [0.3, 0.4) is 0 Å². The maximum absolute atomic E-state index is 11.4. The van der Waals surface area contributed by atoms with Gasteiger partial charge in [0.05, 0.1) is 12.0 Å². The van der Waals surface area contributed by atoms with Crippen LogP contribution in [0.4, 0.5) is 4.79 Å². The topological polar surface area (TPSA) is 117 Å². The second-order valence-electron chi connectivity index (χ2n) is 4.32. The summed E-state index contributed by atoms with van der Waals surface area (Å²) in [6.45, 7) is 0.281. The molecule has 98 valence electrons. The lowest BCUT2D eigenvalue weighted by Crippen LogP contribution is -2.49. The Labute approximate surface area is 103 Å². The van der Waals surface area contributed by atoms with Crippen LogP contribution < -0.4 is 10.6 Å². The zero-order valence-corrected chi connectivity index (χ0v) is 9.68. The number of hydrogen-bond acceptors (Lipinski definition) is 5. The van der Waals surface area contributed by atoms with Crippen molar-refractivity contribution in [2.24, 2.45) is 5.41 Å². The van der Waals surface area contributed by atoms with Gasteiger partial charge in [-0.2, -0.15) is 4.98 Å². The number of aromatic nitrogens is 2. The van der Waals surface area contributed by atoms with Crippen molar-refractivity contribution in [3.8, 4) is 0 Å². The van der Waals surface area contributed by atoms with Crippen LogP contribution in [0.2, 0.25) is 0 Å². The lowest BCUT2D eigenvalue weighted by Gasteiger charge is -2.37. The molecule has 2 rings (SSSR count). The van der Waals surface area contributed by atoms with Crippen LogP contribution in [0, 0.1) is 5.41 Å². The fourth-order valence-electron chi connectivity index (χ4n) is 1.81. The molecule has 0 aromatic carbocycles. The zero-order chi connectivity index (χ0) is 13.0. The fraction of sp³-hybridized carbons (Fsp3) is 0.600. The molecule has 1 heterocycles. The summed E-state index contributed by atoms with van der Waals surface area (Å²) in [4.78, 5) is 26.2. The Bertz CT molecular complexity index is 427. The summed E-state index contributed by atoms with van der Waals surface area (Å²) < 4.78 is 4.51. The number of nitrogens with one attached hydrogen (secondary N) is 2. The van der Waals surface area contributed by atoms with E-state index in [1.165, 1.54) is 6.39 Å². The molecule has 18 heavy (non-hydrogen) atoms. The molecule has 1 aromatic rings. The number of urea groups is 1. The van der Waals surface area contributed by atoms with Crippen LogP contribution in [-0.4, -0.2) is 33.8 Å². The number of carboxylic acids is 1. The Balaban J connectivity index is 1.73. The Morgan fingerprint density at radius 1 is 1.44 bits per heavy atom. The van der Waals surface area contributed by atoms with E-state index in [4.69, 9.17) is 5.11 Å². The Morgan fingerprint density at radius 3 is 2.72 bits per heavy atom. The molecule has 1 saturated carbocycles. The van der Waals surface area contributed by atoms with Gasteiger partial charge in [-0.25, -0.2) is 4.79 Å². The number of amides is 2. The minimum atomic E-state index is -0.854. The number of rotatable bonds is 5. The first-order valence-electron chi connectivity index (χ1n) is 5.63. The molecule has 0 radical (unpaired) electrons. The highest BCUT2D eigenvalue weighted by Gasteiger charge is 2.44. The number of carboxylic acid groups (broad SMARTS) is 1. The molecule has 0 unspecified atom stereocenters. The highest BCUT2D eigenvalue weighted by molar-refractivity contribution is 5.78. The number of nitrogens with zero attached hydrogens (tertiary/aromatic N) is 2. The van der Waals surface area contributed by atoms with Crippen LogP contribution in [0.5, 0.6) is 0 Å². The van der Waals surface area contributed by atoms with Crippen molar-refractivity contribution in [2.45, 2.75) is 25.8 Å². The van der Waals surface area contributed by atoms with Crippen molar-refractivity contribution in [3.63, 3.8) is 0 Å². The van der Waals surface area contributed by atoms with E-state index in [0.29, 0.717) is 18.7 Å². The monoisotopic (exact) mass is 254 g/mol. The van der Waals surface area contributed by atoms with E-state index in [1.54, 1.807) is 0 Å². The van der Waals surface area contributed by atoms with Gasteiger partial charge in [-0.05, 0) is 12.8 Å². The second kappa shape index (κ2) is 5.03. The molecule has 0 bridgehead atoms. The average Bonchev–Trinajstić information content (AvgIpc) is 2.77. The van der Waals surface area contributed by atoms with E-state index in [-0.39, 0.29) is 13.1 Å². The van der Waals surface area contributed by atoms with Crippen LogP contribution in [-0.2, 0) is 11.3 Å². The van der Waals surface area contributed by atoms with Gasteiger partial charge in [-0.1, -0.05) is 11.6 Å². The molecular weight excluding hydrogens is 240 g/mol. The normalized spacial score (nSPS) is 16.7. The minimum Gasteiger partial charge on any atom is -0.481 e. The third-order valence-electron chi connectivity index (χ3n) is 3.17. The molecule has 2 amide bonds. The number of carbonyl (C=O) groups is 2. The van der Waals surface area contributed by atoms with Gasteiger partial charge in [-0.15, -0.1) is 0 Å². The van der Waals surface area contributed by atoms with Gasteiger partial charge in [0.25, 0.3) is 0 Å². The van der Waals surface area contributed by atoms with Crippen molar-refractivity contribution < 1.29 is 19.2 Å². The van der Waals surface area contributed by atoms with E-state index in [2.05, 4.69) is 25.3 Å². The number of aliphatic carboxylic acids is 1. The minimum absolute atomic E-state index is 0.139. The summed E-state index contributed by atoms with van der Waals surface area (Å²) in [5.41, 5.74) is -0.788. The van der Waals surface area contributed by atoms with Crippen molar-refractivity contribution in [3.05, 3.63) is 12.2 Å². The zero-order valence-electron chi connectivity index (χ0n) is 9.68. The van der Waals surface area contributed by atoms with Crippen LogP contribution in [0.1, 0.15) is 25.1 Å². The van der Waals surface area contributed by atoms with Crippen molar-refractivity contribution in [2.75, 3.05) is 6.54 Å². The first-order valence-corrected chi connectivity index (χ1v) is 5.63. The van der Waals surface area contributed by atoms with Gasteiger partial charge in [0.15, 0.2) is 5.82 Å². The fourth-order valence-corrected chi connectivity index (χ4v) is 1.81. The van der Waals surface area contributed by atoms with Crippen LogP contribution in [0.25, 0.3) is 0 Å². The van der Waals surface area contributed by atoms with E-state index >= 15 is 0 Å². The largest absolute Gasteiger partial charge is 0.481 e. The van der Waals surface area contributed by atoms with Gasteiger partial charge >= 0.3 is 12.0 Å². The summed E-state index contributed by atoms with van der Waals surface area (Å²) in [6, 6.07) is -0.438. The Hall–Kier alpha value is -2.12. The Kier molecular flexibility index (Phi) is 3.45. The van der Waals surface area contributed by atoms with E-state index in [0.717, 1.165) is 6.42 Å². The van der Waals surface area contributed by atoms with Crippen molar-refractivity contribution in [1.29, 1.82) is 0 Å². The number of carbonyl (C=O) groups excluding carboxylic acids is 1. The smallest absolute Gasteiger partial charge is 0.315 e. The summed E-state index contributed by atoms with van der Waals surface area (Å²) in [7, 11) is 0. The molecule has 0 atom stereocenters. The van der Waals surface area contributed by atoms with E-state index in [1.807, 2.05) is 0 Å². The van der Waals surface area contributed by atoms with Gasteiger partial charge in [-0.3, -0.25) is 4.79 Å². The molecule has 8 heteroatoms. The predicted octanol–water partition coefficient (Wildman–Crippen LogP) is 0.124. The van der Waals surface area contributed by atoms with Crippen LogP contribution in [0.15, 0.2) is 10.9 Å². The Morgan fingerprint density at radius 2 is 2.22 bits per heavy atom. The summed E-state index contributed by atoms with van der Waals surface area (Å²) in [5.74, 6) is -0.492. The van der Waals surface area contributed by atoms with Crippen molar-refractivity contribution in [1.82, 2.24) is 20.8 Å². The van der Waals surface area contributed by atoms with Gasteiger partial charge in [0.2, 0.25) is 6.39 Å². The second-order valence-corrected chi connectivity index (χ2v) is 4.32. The lowest BCUT2D eigenvalue weighted by molar-refractivity contribution is -0.153. The van der Waals surface area contributed by atoms with E-state index < -0.39 is 17.4 Å². The standard InChI is InChI=1S/C10H14N4O4/c15-8(16)10(2-1-3-10)5-12-9(17)11-4-7-13-6-18-14-7/h6H,1-5H2,(H,15,16)(H2,11,12,17). The lowest BCUT2D eigenvalue weighted by atomic mass is 9.69. The molecule has 1 fully saturated rings. The number of hydrogen-bond donors (Lipinski definition) is 3. The SMILES string of the molecule is O=C(NCc1ncon1)NCC1(C(=O)O)CCC1. The molecule has 0 aliphatic heterocycles. The molecule has 0 saturated heterocycles. The molecule has 3 N–H and O–H groups in total. The molecule has 8 nitrogen and oxygen atoms in total. The highest BCUT2D eigenvalue weighted by atomic mass is 16.5. The van der Waals surface area contributed by atoms with Gasteiger partial charge in [0.1, 0.15) is 0 Å². The predicted molar refractivity (Wildman–Crippen MR) is 58.5 cm³/mol. The molecular formula is C10H14N4O4. The first-order chi connectivity index (χ1) is 8.62. The highest BCUT2D eigenvalue weighted by Crippen LogP contribution is 2.40. The first kappa shape index (κ1) is 12.3. The van der Waals surface area contributed by atoms with Gasteiger partial charge < -0.3 is 20.3 Å². The molecule has 1 aliphatic rings. The quantitative estimate of drug-likeness (QED) is 0.687. The third-order valence-corrected chi connectivity index (χ3v) is 3.17. The maximum atomic E-state index is 11.4. The van der Waals surface area contributed by atoms with Crippen LogP contribution >= 0.6 is 0 Å². The molecule has 0 spiro atoms. The average molecular weight is 254 g/mol. The summed E-state index contributed by atoms with van der Waals surface area (Å²) in [6.07, 6.45) is 3.27. The molecule has 1 aliphatic carbocycles. The summed E-state index contributed by atoms with van der Waals surface area (Å²) in [5, 5.41) is 17.7. The van der Waals surface area contributed by atoms with Gasteiger partial charge in [0, 0.05) is 6.54 Å².